The van der Waals surface area contributed by atoms with Crippen LogP contribution in [0, 0.1) is 0 Å². The first-order valence-corrected chi connectivity index (χ1v) is 7.31. The minimum Gasteiger partial charge on any atom is -0.376 e. The Balaban J connectivity index is 1.80. The van der Waals surface area contributed by atoms with Gasteiger partial charge in [0, 0.05) is 18.5 Å². The third-order valence-corrected chi connectivity index (χ3v) is 3.89. The fourth-order valence-electron chi connectivity index (χ4n) is 2.21. The lowest BCUT2D eigenvalue weighted by Gasteiger charge is -2.18. The summed E-state index contributed by atoms with van der Waals surface area (Å²) >= 11 is 3.41. The van der Waals surface area contributed by atoms with Crippen LogP contribution in [0.3, 0.4) is 0 Å². The maximum Gasteiger partial charge on any atom is 0.153 e. The van der Waals surface area contributed by atoms with Crippen LogP contribution in [-0.2, 0) is 30.9 Å². The molecule has 8 heteroatoms. The molecule has 20 heavy (non-hydrogen) atoms. The van der Waals surface area contributed by atoms with Gasteiger partial charge in [0.1, 0.15) is 12.1 Å². The van der Waals surface area contributed by atoms with Gasteiger partial charge in [-0.15, -0.1) is 5.10 Å². The van der Waals surface area contributed by atoms with Crippen molar-refractivity contribution in [2.45, 2.75) is 33.0 Å². The van der Waals surface area contributed by atoms with Crippen LogP contribution in [0.15, 0.2) is 10.9 Å². The van der Waals surface area contributed by atoms with E-state index >= 15 is 0 Å². The first-order chi connectivity index (χ1) is 9.79. The molecule has 0 atom stereocenters. The third kappa shape index (κ3) is 2.53. The second-order valence-electron chi connectivity index (χ2n) is 4.45. The number of aryl methyl sites for hydroxylation is 1. The lowest BCUT2D eigenvalue weighted by molar-refractivity contribution is 0.109. The number of halogens is 1. The minimum absolute atomic E-state index is 0.560. The molecule has 0 fully saturated rings. The molecule has 1 aliphatic heterocycles. The summed E-state index contributed by atoms with van der Waals surface area (Å²) in [7, 11) is 0. The van der Waals surface area contributed by atoms with E-state index in [1.54, 1.807) is 6.33 Å². The highest BCUT2D eigenvalue weighted by Gasteiger charge is 2.17. The van der Waals surface area contributed by atoms with E-state index in [2.05, 4.69) is 41.5 Å². The van der Waals surface area contributed by atoms with E-state index < -0.39 is 0 Å². The summed E-state index contributed by atoms with van der Waals surface area (Å²) in [5, 5.41) is 11.4. The molecule has 0 bridgehead atoms. The fraction of sp³-hybridized carbons (Fsp3) is 0.500. The molecule has 0 spiro atoms. The molecule has 1 aliphatic rings. The van der Waals surface area contributed by atoms with Crippen molar-refractivity contribution >= 4 is 21.7 Å². The molecule has 0 aliphatic carbocycles. The van der Waals surface area contributed by atoms with Crippen molar-refractivity contribution in [2.75, 3.05) is 11.9 Å². The largest absolute Gasteiger partial charge is 0.376 e. The van der Waals surface area contributed by atoms with Gasteiger partial charge >= 0.3 is 0 Å². The molecular formula is C12H15BrN6O. The number of hydrogen-bond donors (Lipinski definition) is 1. The van der Waals surface area contributed by atoms with E-state index in [0.29, 0.717) is 13.2 Å². The number of nitrogens with zero attached hydrogens (tertiary/aromatic N) is 5. The number of aromatic nitrogens is 5. The first kappa shape index (κ1) is 13.4. The van der Waals surface area contributed by atoms with Crippen molar-refractivity contribution in [1.82, 2.24) is 25.0 Å². The topological polar surface area (TPSA) is 77.8 Å². The summed E-state index contributed by atoms with van der Waals surface area (Å²) in [6, 6.07) is 0. The highest BCUT2D eigenvalue weighted by molar-refractivity contribution is 9.10. The number of hydrogen-bond acceptors (Lipinski definition) is 6. The van der Waals surface area contributed by atoms with Gasteiger partial charge in [-0.1, -0.05) is 5.21 Å². The average Bonchev–Trinajstić information content (AvgIpc) is 2.85. The van der Waals surface area contributed by atoms with Gasteiger partial charge in [-0.25, -0.2) is 14.6 Å². The van der Waals surface area contributed by atoms with E-state index in [1.807, 2.05) is 11.6 Å². The molecule has 7 nitrogen and oxygen atoms in total. The molecule has 2 aromatic heterocycles. The Hall–Kier alpha value is -1.54. The van der Waals surface area contributed by atoms with Crippen molar-refractivity contribution in [3.63, 3.8) is 0 Å². The van der Waals surface area contributed by atoms with E-state index in [9.17, 15) is 0 Å². The van der Waals surface area contributed by atoms with Crippen molar-refractivity contribution in [1.29, 1.82) is 0 Å². The highest BCUT2D eigenvalue weighted by Crippen LogP contribution is 2.22. The van der Waals surface area contributed by atoms with Gasteiger partial charge in [-0.3, -0.25) is 0 Å². The van der Waals surface area contributed by atoms with Crippen LogP contribution in [0.2, 0.25) is 0 Å². The summed E-state index contributed by atoms with van der Waals surface area (Å²) in [5.74, 6) is 0.824. The molecule has 2 aromatic rings. The van der Waals surface area contributed by atoms with E-state index in [0.717, 1.165) is 46.9 Å². The van der Waals surface area contributed by atoms with Crippen molar-refractivity contribution in [2.24, 2.45) is 0 Å². The SMILES string of the molecule is CCn1nnc(Br)c1CNc1ncnc2c1COCC2. The van der Waals surface area contributed by atoms with Crippen LogP contribution < -0.4 is 5.32 Å². The van der Waals surface area contributed by atoms with Crippen molar-refractivity contribution in [3.05, 3.63) is 27.9 Å². The second kappa shape index (κ2) is 5.84. The molecular weight excluding hydrogens is 324 g/mol. The summed E-state index contributed by atoms with van der Waals surface area (Å²) in [6.45, 7) is 4.70. The third-order valence-electron chi connectivity index (χ3n) is 3.28. The van der Waals surface area contributed by atoms with Crippen LogP contribution in [0.4, 0.5) is 5.82 Å². The standard InChI is InChI=1S/C12H15BrN6O/c1-2-19-10(11(13)17-18-19)5-14-12-8-6-20-4-3-9(8)15-7-16-12/h7H,2-6H2,1H3,(H,14,15,16). The Bertz CT molecular complexity index is 614. The zero-order chi connectivity index (χ0) is 13.9. The maximum absolute atomic E-state index is 5.48. The molecule has 0 saturated heterocycles. The summed E-state index contributed by atoms with van der Waals surface area (Å²) in [5.41, 5.74) is 3.11. The molecule has 0 amide bonds. The van der Waals surface area contributed by atoms with Gasteiger partial charge in [0.15, 0.2) is 4.60 Å². The fourth-order valence-corrected chi connectivity index (χ4v) is 2.62. The van der Waals surface area contributed by atoms with Crippen LogP contribution in [-0.4, -0.2) is 31.6 Å². The zero-order valence-corrected chi connectivity index (χ0v) is 12.7. The number of rotatable bonds is 4. The molecule has 3 heterocycles. The molecule has 0 aromatic carbocycles. The van der Waals surface area contributed by atoms with Crippen LogP contribution in [0.1, 0.15) is 23.9 Å². The van der Waals surface area contributed by atoms with Crippen LogP contribution in [0.5, 0.6) is 0 Å². The molecule has 1 N–H and O–H groups in total. The lowest BCUT2D eigenvalue weighted by Crippen LogP contribution is -2.17. The number of nitrogens with one attached hydrogen (secondary N) is 1. The normalized spacial score (nSPS) is 14.1. The predicted octanol–water partition coefficient (Wildman–Crippen LogP) is 1.54. The van der Waals surface area contributed by atoms with Crippen LogP contribution >= 0.6 is 15.9 Å². The first-order valence-electron chi connectivity index (χ1n) is 6.51. The van der Waals surface area contributed by atoms with Crippen LogP contribution in [0.25, 0.3) is 0 Å². The Labute approximate surface area is 124 Å². The van der Waals surface area contributed by atoms with Gasteiger partial charge < -0.3 is 10.1 Å². The average molecular weight is 339 g/mol. The minimum atomic E-state index is 0.560. The quantitative estimate of drug-likeness (QED) is 0.910. The molecule has 3 rings (SSSR count). The summed E-state index contributed by atoms with van der Waals surface area (Å²) in [6.07, 6.45) is 2.43. The summed E-state index contributed by atoms with van der Waals surface area (Å²) in [4.78, 5) is 8.61. The van der Waals surface area contributed by atoms with E-state index in [4.69, 9.17) is 4.74 Å². The molecule has 106 valence electrons. The Morgan fingerprint density at radius 3 is 3.20 bits per heavy atom. The van der Waals surface area contributed by atoms with E-state index in [1.165, 1.54) is 0 Å². The van der Waals surface area contributed by atoms with Gasteiger partial charge in [0.25, 0.3) is 0 Å². The van der Waals surface area contributed by atoms with Crippen molar-refractivity contribution in [3.8, 4) is 0 Å². The monoisotopic (exact) mass is 338 g/mol. The molecule has 0 radical (unpaired) electrons. The van der Waals surface area contributed by atoms with Gasteiger partial charge in [-0.05, 0) is 22.9 Å². The zero-order valence-electron chi connectivity index (χ0n) is 11.1. The van der Waals surface area contributed by atoms with E-state index in [-0.39, 0.29) is 0 Å². The second-order valence-corrected chi connectivity index (χ2v) is 5.20. The smallest absolute Gasteiger partial charge is 0.153 e. The number of fused-ring (bicyclic) bond motifs is 1. The Morgan fingerprint density at radius 2 is 2.35 bits per heavy atom. The van der Waals surface area contributed by atoms with Gasteiger partial charge in [0.05, 0.1) is 31.1 Å². The number of anilines is 1. The summed E-state index contributed by atoms with van der Waals surface area (Å²) < 4.78 is 8.09. The maximum atomic E-state index is 5.48. The molecule has 0 unspecified atom stereocenters. The number of ether oxygens (including phenoxy) is 1. The predicted molar refractivity (Wildman–Crippen MR) is 76.1 cm³/mol. The van der Waals surface area contributed by atoms with Crippen molar-refractivity contribution < 1.29 is 4.74 Å². The van der Waals surface area contributed by atoms with Gasteiger partial charge in [0.2, 0.25) is 0 Å². The molecule has 0 saturated carbocycles. The lowest BCUT2D eigenvalue weighted by atomic mass is 10.1. The highest BCUT2D eigenvalue weighted by atomic mass is 79.9. The Morgan fingerprint density at radius 1 is 1.45 bits per heavy atom. The van der Waals surface area contributed by atoms with Gasteiger partial charge in [-0.2, -0.15) is 0 Å². The Kier molecular flexibility index (Phi) is 3.93.